The minimum absolute atomic E-state index is 0.0629. The van der Waals surface area contributed by atoms with Crippen molar-refractivity contribution < 1.29 is 35.5 Å². The molecule has 31 heavy (non-hydrogen) atoms. The van der Waals surface area contributed by atoms with E-state index in [2.05, 4.69) is 4.28 Å². The zero-order valence-corrected chi connectivity index (χ0v) is 17.9. The zero-order chi connectivity index (χ0) is 22.9. The number of hydrogen-bond acceptors (Lipinski definition) is 5. The van der Waals surface area contributed by atoms with Gasteiger partial charge in [-0.3, -0.25) is 9.59 Å². The normalized spacial score (nSPS) is 17.5. The number of carbonyl (C=O) groups excluding carboxylic acids is 2. The van der Waals surface area contributed by atoms with E-state index in [4.69, 9.17) is 0 Å². The number of hydrogen-bond donors (Lipinski definition) is 0. The van der Waals surface area contributed by atoms with Crippen molar-refractivity contribution in [1.82, 2.24) is 5.06 Å². The van der Waals surface area contributed by atoms with E-state index >= 15 is 0 Å². The minimum atomic E-state index is -6.20. The Balaban J connectivity index is 1.92. The molecule has 0 N–H and O–H groups in total. The summed E-state index contributed by atoms with van der Waals surface area (Å²) in [6.07, 6.45) is 2.93. The highest BCUT2D eigenvalue weighted by atomic mass is 32.2. The van der Waals surface area contributed by atoms with Gasteiger partial charge in [0, 0.05) is 5.39 Å². The van der Waals surface area contributed by atoms with E-state index < -0.39 is 32.9 Å². The molecule has 0 unspecified atom stereocenters. The second kappa shape index (κ2) is 6.77. The molecule has 1 aliphatic carbocycles. The summed E-state index contributed by atoms with van der Waals surface area (Å²) in [6.45, 7) is 5.73. The molecule has 0 atom stereocenters. The monoisotopic (exact) mass is 455 g/mol. The lowest BCUT2D eigenvalue weighted by Gasteiger charge is -2.28. The lowest BCUT2D eigenvalue weighted by molar-refractivity contribution is -0.0761. The van der Waals surface area contributed by atoms with Gasteiger partial charge in [0.15, 0.2) is 0 Å². The maximum absolute atomic E-state index is 13.0. The van der Waals surface area contributed by atoms with E-state index in [9.17, 15) is 31.2 Å². The molecule has 0 saturated heterocycles. The maximum Gasteiger partial charge on any atom is 0.525 e. The molecule has 2 aliphatic rings. The number of amides is 2. The lowest BCUT2D eigenvalue weighted by atomic mass is 9.81. The van der Waals surface area contributed by atoms with E-state index in [1.165, 1.54) is 12.1 Å². The van der Waals surface area contributed by atoms with Gasteiger partial charge in [0.1, 0.15) is 0 Å². The fourth-order valence-electron chi connectivity index (χ4n) is 3.65. The van der Waals surface area contributed by atoms with Crippen LogP contribution in [0.4, 0.5) is 13.2 Å². The molecule has 10 heteroatoms. The van der Waals surface area contributed by atoms with Crippen molar-refractivity contribution >= 4 is 32.7 Å². The first-order valence-electron chi connectivity index (χ1n) is 9.70. The SMILES string of the molecule is CC(C)(C)c1cc2c3c(ccc(CC4CC4)c3c1)C(=O)N(OS(=O)(=O)C(F)(F)F)C2=O. The molecule has 0 radical (unpaired) electrons. The number of nitrogens with zero attached hydrogens (tertiary/aromatic N) is 1. The molecule has 1 aliphatic heterocycles. The summed E-state index contributed by atoms with van der Waals surface area (Å²) in [7, 11) is -6.20. The summed E-state index contributed by atoms with van der Waals surface area (Å²) >= 11 is 0. The van der Waals surface area contributed by atoms with Gasteiger partial charge in [-0.1, -0.05) is 32.9 Å². The number of benzene rings is 2. The summed E-state index contributed by atoms with van der Waals surface area (Å²) in [5.41, 5.74) is -4.68. The summed E-state index contributed by atoms with van der Waals surface area (Å²) in [4.78, 5) is 25.8. The van der Waals surface area contributed by atoms with Crippen LogP contribution in [0.1, 0.15) is 65.5 Å². The van der Waals surface area contributed by atoms with E-state index in [-0.39, 0.29) is 16.2 Å². The number of rotatable bonds is 4. The number of imide groups is 1. The Bertz CT molecular complexity index is 1220. The smallest absolute Gasteiger partial charge is 0.266 e. The van der Waals surface area contributed by atoms with Crippen LogP contribution in [0.3, 0.4) is 0 Å². The molecule has 0 spiro atoms. The van der Waals surface area contributed by atoms with Gasteiger partial charge in [-0.05, 0) is 59.2 Å². The average Bonchev–Trinajstić information content (AvgIpc) is 3.46. The first-order valence-corrected chi connectivity index (χ1v) is 11.1. The lowest BCUT2D eigenvalue weighted by Crippen LogP contribution is -2.44. The molecule has 2 aromatic carbocycles. The Kier molecular flexibility index (Phi) is 4.75. The summed E-state index contributed by atoms with van der Waals surface area (Å²) in [5.74, 6) is -1.98. The molecule has 166 valence electrons. The quantitative estimate of drug-likeness (QED) is 0.502. The molecule has 2 amide bonds. The maximum atomic E-state index is 13.0. The van der Waals surface area contributed by atoms with E-state index in [1.54, 1.807) is 6.07 Å². The van der Waals surface area contributed by atoms with E-state index in [1.807, 2.05) is 26.8 Å². The fourth-order valence-corrected chi connectivity index (χ4v) is 4.07. The van der Waals surface area contributed by atoms with Gasteiger partial charge >= 0.3 is 15.6 Å². The van der Waals surface area contributed by atoms with Crippen molar-refractivity contribution in [2.24, 2.45) is 5.92 Å². The second-order valence-corrected chi connectivity index (χ2v) is 10.5. The van der Waals surface area contributed by atoms with Crippen LogP contribution in [0.25, 0.3) is 10.8 Å². The number of carbonyl (C=O) groups is 2. The molecule has 6 nitrogen and oxygen atoms in total. The van der Waals surface area contributed by atoms with Crippen LogP contribution in [0.5, 0.6) is 0 Å². The van der Waals surface area contributed by atoms with Gasteiger partial charge in [0.2, 0.25) is 0 Å². The molecule has 0 bridgehead atoms. The van der Waals surface area contributed by atoms with E-state index in [0.29, 0.717) is 16.7 Å². The van der Waals surface area contributed by atoms with Crippen molar-refractivity contribution in [3.05, 3.63) is 46.5 Å². The Labute approximate surface area is 177 Å². The van der Waals surface area contributed by atoms with Gasteiger partial charge < -0.3 is 0 Å². The standard InChI is InChI=1S/C21H20F3NO5S/c1-20(2,3)13-9-15-12(8-11-4-5-11)6-7-14-17(15)16(10-13)19(27)25(18(14)26)30-31(28,29)21(22,23)24/h6-7,9-11H,4-5,8H2,1-3H3. The first-order chi connectivity index (χ1) is 14.2. The van der Waals surface area contributed by atoms with Crippen LogP contribution in [0, 0.1) is 5.92 Å². The number of hydroxylamine groups is 2. The Morgan fingerprint density at radius 1 is 1.03 bits per heavy atom. The highest BCUT2D eigenvalue weighted by Crippen LogP contribution is 2.40. The number of halogens is 3. The summed E-state index contributed by atoms with van der Waals surface area (Å²) in [6, 6.07) is 6.49. The van der Waals surface area contributed by atoms with Crippen LogP contribution < -0.4 is 0 Å². The second-order valence-electron chi connectivity index (χ2n) is 9.00. The molecule has 0 aromatic heterocycles. The predicted octanol–water partition coefficient (Wildman–Crippen LogP) is 4.47. The third kappa shape index (κ3) is 3.71. The third-order valence-corrected chi connectivity index (χ3v) is 6.47. The van der Waals surface area contributed by atoms with Crippen molar-refractivity contribution in [2.75, 3.05) is 0 Å². The Hall–Kier alpha value is -2.46. The van der Waals surface area contributed by atoms with Crippen molar-refractivity contribution in [3.63, 3.8) is 0 Å². The first kappa shape index (κ1) is 21.8. The van der Waals surface area contributed by atoms with Gasteiger partial charge in [-0.25, -0.2) is 0 Å². The molecule has 2 aromatic rings. The highest BCUT2D eigenvalue weighted by molar-refractivity contribution is 7.87. The highest BCUT2D eigenvalue weighted by Gasteiger charge is 2.51. The van der Waals surface area contributed by atoms with Crippen LogP contribution in [-0.2, 0) is 26.2 Å². The van der Waals surface area contributed by atoms with Gasteiger partial charge in [0.05, 0.1) is 11.1 Å². The van der Waals surface area contributed by atoms with Crippen molar-refractivity contribution in [2.45, 2.75) is 51.0 Å². The van der Waals surface area contributed by atoms with Gasteiger partial charge in [-0.15, -0.1) is 9.35 Å². The summed E-state index contributed by atoms with van der Waals surface area (Å²) in [5, 5.41) is 0.671. The van der Waals surface area contributed by atoms with Crippen LogP contribution >= 0.6 is 0 Å². The molecular formula is C21H20F3NO5S. The van der Waals surface area contributed by atoms with Crippen LogP contribution in [0.2, 0.25) is 0 Å². The van der Waals surface area contributed by atoms with Gasteiger partial charge in [-0.2, -0.15) is 21.6 Å². The largest absolute Gasteiger partial charge is 0.525 e. The Morgan fingerprint density at radius 2 is 1.65 bits per heavy atom. The fraction of sp³-hybridized carbons (Fsp3) is 0.429. The molecule has 4 rings (SSSR count). The average molecular weight is 455 g/mol. The van der Waals surface area contributed by atoms with E-state index in [0.717, 1.165) is 30.4 Å². The van der Waals surface area contributed by atoms with Gasteiger partial charge in [0.25, 0.3) is 11.8 Å². The predicted molar refractivity (Wildman–Crippen MR) is 106 cm³/mol. The molecule has 1 fully saturated rings. The topological polar surface area (TPSA) is 80.8 Å². The molecular weight excluding hydrogens is 435 g/mol. The zero-order valence-electron chi connectivity index (χ0n) is 17.0. The van der Waals surface area contributed by atoms with Crippen molar-refractivity contribution in [3.8, 4) is 0 Å². The number of alkyl halides is 3. The van der Waals surface area contributed by atoms with Crippen LogP contribution in [0.15, 0.2) is 24.3 Å². The van der Waals surface area contributed by atoms with Crippen LogP contribution in [-0.4, -0.2) is 30.8 Å². The molecule has 1 saturated carbocycles. The summed E-state index contributed by atoms with van der Waals surface area (Å²) < 4.78 is 65.3. The molecule has 1 heterocycles. The Morgan fingerprint density at radius 3 is 2.19 bits per heavy atom. The minimum Gasteiger partial charge on any atom is -0.266 e. The third-order valence-electron chi connectivity index (χ3n) is 5.56. The van der Waals surface area contributed by atoms with Crippen molar-refractivity contribution in [1.29, 1.82) is 0 Å².